The van der Waals surface area contributed by atoms with E-state index in [1.54, 1.807) is 12.1 Å². The van der Waals surface area contributed by atoms with Crippen LogP contribution in [0.25, 0.3) is 0 Å². The Hall–Kier alpha value is -0.840. The minimum Gasteiger partial charge on any atom is -0.492 e. The molecule has 0 spiro atoms. The predicted molar refractivity (Wildman–Crippen MR) is 82.3 cm³/mol. The molecule has 0 radical (unpaired) electrons. The number of hydrogen-bond donors (Lipinski definition) is 1. The molecule has 0 amide bonds. The zero-order valence-electron chi connectivity index (χ0n) is 12.0. The average Bonchev–Trinajstić information content (AvgIpc) is 2.94. The van der Waals surface area contributed by atoms with E-state index in [0.29, 0.717) is 12.6 Å². The Morgan fingerprint density at radius 1 is 1.30 bits per heavy atom. The zero-order chi connectivity index (χ0) is 13.5. The Morgan fingerprint density at radius 2 is 2.05 bits per heavy atom. The van der Waals surface area contributed by atoms with Crippen LogP contribution in [0.15, 0.2) is 24.3 Å². The summed E-state index contributed by atoms with van der Waals surface area (Å²) in [6.07, 6.45) is 2.38. The second kappa shape index (κ2) is 9.16. The van der Waals surface area contributed by atoms with Crippen LogP contribution in [0.3, 0.4) is 0 Å². The highest BCUT2D eigenvalue weighted by Gasteiger charge is 2.21. The topological polar surface area (TPSA) is 24.5 Å². The number of benzene rings is 1. The van der Waals surface area contributed by atoms with E-state index in [2.05, 4.69) is 17.1 Å². The molecule has 1 unspecified atom stereocenters. The minimum atomic E-state index is -0.225. The lowest BCUT2D eigenvalue weighted by atomic mass is 10.2. The zero-order valence-corrected chi connectivity index (χ0v) is 12.8. The highest BCUT2D eigenvalue weighted by molar-refractivity contribution is 5.85. The highest BCUT2D eigenvalue weighted by Crippen LogP contribution is 2.12. The van der Waals surface area contributed by atoms with E-state index in [4.69, 9.17) is 4.74 Å². The molecule has 1 aliphatic heterocycles. The number of ether oxygens (including phenoxy) is 1. The molecule has 1 aliphatic rings. The van der Waals surface area contributed by atoms with Gasteiger partial charge in [-0.25, -0.2) is 4.39 Å². The lowest BCUT2D eigenvalue weighted by Gasteiger charge is -2.27. The maximum Gasteiger partial charge on any atom is 0.123 e. The Labute approximate surface area is 126 Å². The second-order valence-corrected chi connectivity index (χ2v) is 4.98. The van der Waals surface area contributed by atoms with Crippen molar-refractivity contribution < 1.29 is 9.13 Å². The highest BCUT2D eigenvalue weighted by atomic mass is 35.5. The van der Waals surface area contributed by atoms with Crippen LogP contribution >= 0.6 is 12.4 Å². The molecule has 20 heavy (non-hydrogen) atoms. The van der Waals surface area contributed by atoms with Gasteiger partial charge in [-0.1, -0.05) is 6.92 Å². The summed E-state index contributed by atoms with van der Waals surface area (Å²) in [4.78, 5) is 2.49. The van der Waals surface area contributed by atoms with Crippen LogP contribution in [0.2, 0.25) is 0 Å². The van der Waals surface area contributed by atoms with E-state index in [1.807, 2.05) is 0 Å². The first kappa shape index (κ1) is 17.2. The molecule has 1 atom stereocenters. The van der Waals surface area contributed by atoms with Crippen molar-refractivity contribution in [2.45, 2.75) is 25.8 Å². The first-order chi connectivity index (χ1) is 9.29. The number of nitrogens with one attached hydrogen (secondary N) is 1. The third-order valence-corrected chi connectivity index (χ3v) is 3.52. The maximum absolute atomic E-state index is 12.8. The van der Waals surface area contributed by atoms with Crippen LogP contribution in [0, 0.1) is 5.82 Å². The van der Waals surface area contributed by atoms with Gasteiger partial charge in [-0.2, -0.15) is 0 Å². The van der Waals surface area contributed by atoms with E-state index in [9.17, 15) is 4.39 Å². The summed E-state index contributed by atoms with van der Waals surface area (Å²) in [6, 6.07) is 6.85. The molecular formula is C15H24ClFN2O. The lowest BCUT2D eigenvalue weighted by molar-refractivity contribution is 0.167. The summed E-state index contributed by atoms with van der Waals surface area (Å²) in [6.45, 7) is 7.09. The molecule has 3 nitrogen and oxygen atoms in total. The Morgan fingerprint density at radius 3 is 2.65 bits per heavy atom. The maximum atomic E-state index is 12.8. The van der Waals surface area contributed by atoms with E-state index in [1.165, 1.54) is 18.6 Å². The normalized spacial score (nSPS) is 18.1. The SMILES string of the molecule is CCCN(CCOc1ccc(F)cc1)C1CCNC1.Cl. The molecule has 0 aliphatic carbocycles. The molecule has 114 valence electrons. The fourth-order valence-corrected chi connectivity index (χ4v) is 2.53. The van der Waals surface area contributed by atoms with Gasteiger partial charge >= 0.3 is 0 Å². The predicted octanol–water partition coefficient (Wildman–Crippen LogP) is 2.70. The van der Waals surface area contributed by atoms with Crippen molar-refractivity contribution >= 4 is 12.4 Å². The molecule has 1 fully saturated rings. The molecule has 0 aromatic heterocycles. The third kappa shape index (κ3) is 5.27. The molecule has 1 aromatic rings. The molecule has 0 saturated carbocycles. The van der Waals surface area contributed by atoms with Gasteiger partial charge in [0.25, 0.3) is 0 Å². The van der Waals surface area contributed by atoms with Gasteiger partial charge in [-0.05, 0) is 50.2 Å². The minimum absolute atomic E-state index is 0. The van der Waals surface area contributed by atoms with Crippen LogP contribution in [0.1, 0.15) is 19.8 Å². The fourth-order valence-electron chi connectivity index (χ4n) is 2.53. The summed E-state index contributed by atoms with van der Waals surface area (Å²) in [5, 5.41) is 3.40. The van der Waals surface area contributed by atoms with Gasteiger partial charge in [0.1, 0.15) is 18.2 Å². The smallest absolute Gasteiger partial charge is 0.123 e. The summed E-state index contributed by atoms with van der Waals surface area (Å²) in [5.41, 5.74) is 0. The number of rotatable bonds is 7. The van der Waals surface area contributed by atoms with Crippen LogP contribution in [0.5, 0.6) is 5.75 Å². The Kier molecular flexibility index (Phi) is 7.88. The van der Waals surface area contributed by atoms with Crippen molar-refractivity contribution in [1.29, 1.82) is 0 Å². The molecule has 1 N–H and O–H groups in total. The molecule has 1 aromatic carbocycles. The van der Waals surface area contributed by atoms with E-state index in [-0.39, 0.29) is 18.2 Å². The summed E-state index contributed by atoms with van der Waals surface area (Å²) >= 11 is 0. The largest absolute Gasteiger partial charge is 0.492 e. The lowest BCUT2D eigenvalue weighted by Crippen LogP contribution is -2.40. The third-order valence-electron chi connectivity index (χ3n) is 3.52. The molecular weight excluding hydrogens is 279 g/mol. The molecule has 2 rings (SSSR count). The van der Waals surface area contributed by atoms with Crippen molar-refractivity contribution in [3.8, 4) is 5.75 Å². The second-order valence-electron chi connectivity index (χ2n) is 4.98. The summed E-state index contributed by atoms with van der Waals surface area (Å²) in [7, 11) is 0. The van der Waals surface area contributed by atoms with Crippen LogP contribution in [-0.4, -0.2) is 43.7 Å². The van der Waals surface area contributed by atoms with E-state index < -0.39 is 0 Å². The fraction of sp³-hybridized carbons (Fsp3) is 0.600. The van der Waals surface area contributed by atoms with Gasteiger partial charge < -0.3 is 10.1 Å². The van der Waals surface area contributed by atoms with Crippen LogP contribution in [0.4, 0.5) is 4.39 Å². The van der Waals surface area contributed by atoms with Gasteiger partial charge in [0.2, 0.25) is 0 Å². The Bertz CT molecular complexity index is 369. The molecule has 1 heterocycles. The average molecular weight is 303 g/mol. The van der Waals surface area contributed by atoms with Crippen molar-refractivity contribution in [3.63, 3.8) is 0 Å². The van der Waals surface area contributed by atoms with E-state index in [0.717, 1.165) is 38.3 Å². The first-order valence-corrected chi connectivity index (χ1v) is 7.12. The number of nitrogens with zero attached hydrogens (tertiary/aromatic N) is 1. The molecule has 5 heteroatoms. The van der Waals surface area contributed by atoms with Crippen molar-refractivity contribution in [2.75, 3.05) is 32.8 Å². The van der Waals surface area contributed by atoms with Crippen molar-refractivity contribution in [2.24, 2.45) is 0 Å². The number of hydrogen-bond acceptors (Lipinski definition) is 3. The van der Waals surface area contributed by atoms with Gasteiger partial charge in [0.05, 0.1) is 0 Å². The monoisotopic (exact) mass is 302 g/mol. The van der Waals surface area contributed by atoms with Crippen LogP contribution in [-0.2, 0) is 0 Å². The number of halogens is 2. The standard InChI is InChI=1S/C15H23FN2O.ClH/c1-2-9-18(14-7-8-17-12-14)10-11-19-15-5-3-13(16)4-6-15;/h3-6,14,17H,2,7-12H2,1H3;1H. The van der Waals surface area contributed by atoms with Crippen molar-refractivity contribution in [3.05, 3.63) is 30.1 Å². The Balaban J connectivity index is 0.00000200. The quantitative estimate of drug-likeness (QED) is 0.838. The van der Waals surface area contributed by atoms with Gasteiger partial charge in [0, 0.05) is 19.1 Å². The van der Waals surface area contributed by atoms with Gasteiger partial charge in [-0.3, -0.25) is 4.90 Å². The molecule has 0 bridgehead atoms. The van der Waals surface area contributed by atoms with Crippen molar-refractivity contribution in [1.82, 2.24) is 10.2 Å². The first-order valence-electron chi connectivity index (χ1n) is 7.12. The van der Waals surface area contributed by atoms with Crippen LogP contribution < -0.4 is 10.1 Å². The van der Waals surface area contributed by atoms with Gasteiger partial charge in [-0.15, -0.1) is 12.4 Å². The van der Waals surface area contributed by atoms with E-state index >= 15 is 0 Å². The summed E-state index contributed by atoms with van der Waals surface area (Å²) < 4.78 is 18.4. The summed E-state index contributed by atoms with van der Waals surface area (Å²) in [5.74, 6) is 0.513. The molecule has 1 saturated heterocycles. The van der Waals surface area contributed by atoms with Gasteiger partial charge in [0.15, 0.2) is 0 Å².